The third-order valence-electron chi connectivity index (χ3n) is 5.60. The van der Waals surface area contributed by atoms with Gasteiger partial charge in [-0.3, -0.25) is 4.79 Å². The van der Waals surface area contributed by atoms with Gasteiger partial charge in [0.1, 0.15) is 6.54 Å². The predicted octanol–water partition coefficient (Wildman–Crippen LogP) is 2.93. The predicted molar refractivity (Wildman–Crippen MR) is 98.1 cm³/mol. The number of urea groups is 1. The smallest absolute Gasteiger partial charge is 0.320 e. The number of hydrogen-bond acceptors (Lipinski definition) is 2. The molecule has 3 amide bonds. The van der Waals surface area contributed by atoms with Crippen LogP contribution in [0.15, 0.2) is 24.3 Å². The molecule has 1 saturated carbocycles. The Balaban J connectivity index is 1.51. The molecule has 5 nitrogen and oxygen atoms in total. The maximum Gasteiger partial charge on any atom is 0.320 e. The zero-order valence-electron chi connectivity index (χ0n) is 15.3. The van der Waals surface area contributed by atoms with Crippen LogP contribution in [0.25, 0.3) is 0 Å². The fraction of sp³-hybridized carbons (Fsp3) is 0.600. The number of amides is 3. The second-order valence-electron chi connectivity index (χ2n) is 7.49. The molecule has 2 fully saturated rings. The number of hydrogen-bond donors (Lipinski definition) is 1. The van der Waals surface area contributed by atoms with Crippen LogP contribution < -0.4 is 5.32 Å². The number of nitrogens with one attached hydrogen (secondary N) is 1. The van der Waals surface area contributed by atoms with Crippen LogP contribution in [0.2, 0.25) is 0 Å². The zero-order valence-corrected chi connectivity index (χ0v) is 15.3. The van der Waals surface area contributed by atoms with E-state index in [9.17, 15) is 9.59 Å². The van der Waals surface area contributed by atoms with Crippen molar-refractivity contribution in [2.75, 3.05) is 19.6 Å². The Morgan fingerprint density at radius 3 is 2.64 bits per heavy atom. The summed E-state index contributed by atoms with van der Waals surface area (Å²) in [5.74, 6) is 0.509. The molecule has 1 aliphatic carbocycles. The topological polar surface area (TPSA) is 52.6 Å². The van der Waals surface area contributed by atoms with E-state index in [0.29, 0.717) is 25.6 Å². The summed E-state index contributed by atoms with van der Waals surface area (Å²) >= 11 is 0. The van der Waals surface area contributed by atoms with Gasteiger partial charge < -0.3 is 15.1 Å². The second-order valence-corrected chi connectivity index (χ2v) is 7.49. The van der Waals surface area contributed by atoms with Gasteiger partial charge in [0, 0.05) is 25.7 Å². The normalized spacial score (nSPS) is 23.8. The van der Waals surface area contributed by atoms with Crippen LogP contribution in [-0.2, 0) is 11.3 Å². The van der Waals surface area contributed by atoms with Crippen molar-refractivity contribution >= 4 is 11.9 Å². The van der Waals surface area contributed by atoms with Crippen molar-refractivity contribution in [1.82, 2.24) is 15.1 Å². The van der Waals surface area contributed by atoms with E-state index < -0.39 is 0 Å². The molecule has 0 bridgehead atoms. The molecule has 136 valence electrons. The highest BCUT2D eigenvalue weighted by molar-refractivity contribution is 5.85. The molecule has 2 aliphatic rings. The molecule has 1 aromatic rings. The largest absolute Gasteiger partial charge is 0.352 e. The molecular weight excluding hydrogens is 314 g/mol. The molecular formula is C20H29N3O2. The second kappa shape index (κ2) is 7.89. The standard InChI is InChI=1S/C20H29N3O2/c1-15-7-3-5-9-17(15)13-22-11-12-23(20(22)25)14-19(24)21-18-10-6-4-8-16(18)2/h3,5,7,9,16,18H,4,6,8,10-14H2,1-2H3,(H,21,24)/t16-,18+/m0/s1. The zero-order chi connectivity index (χ0) is 17.8. The highest BCUT2D eigenvalue weighted by Gasteiger charge is 2.31. The summed E-state index contributed by atoms with van der Waals surface area (Å²) in [7, 11) is 0. The van der Waals surface area contributed by atoms with Crippen LogP contribution in [0.4, 0.5) is 4.79 Å². The summed E-state index contributed by atoms with van der Waals surface area (Å²) in [5, 5.41) is 3.14. The number of benzene rings is 1. The number of carbonyl (C=O) groups excluding carboxylic acids is 2. The van der Waals surface area contributed by atoms with Gasteiger partial charge in [0.05, 0.1) is 0 Å². The highest BCUT2D eigenvalue weighted by atomic mass is 16.2. The van der Waals surface area contributed by atoms with Crippen molar-refractivity contribution in [3.63, 3.8) is 0 Å². The molecule has 3 rings (SSSR count). The first-order valence-electron chi connectivity index (χ1n) is 9.42. The van der Waals surface area contributed by atoms with Crippen LogP contribution in [0.1, 0.15) is 43.7 Å². The molecule has 1 N–H and O–H groups in total. The van der Waals surface area contributed by atoms with Gasteiger partial charge in [-0.2, -0.15) is 0 Å². The van der Waals surface area contributed by atoms with Crippen molar-refractivity contribution in [3.8, 4) is 0 Å². The van der Waals surface area contributed by atoms with E-state index in [1.807, 2.05) is 17.0 Å². The molecule has 1 heterocycles. The van der Waals surface area contributed by atoms with Crippen molar-refractivity contribution in [1.29, 1.82) is 0 Å². The molecule has 0 spiro atoms. The molecule has 1 saturated heterocycles. The third kappa shape index (κ3) is 4.33. The van der Waals surface area contributed by atoms with Crippen molar-refractivity contribution in [2.24, 2.45) is 5.92 Å². The molecule has 25 heavy (non-hydrogen) atoms. The summed E-state index contributed by atoms with van der Waals surface area (Å²) in [4.78, 5) is 28.4. The highest BCUT2D eigenvalue weighted by Crippen LogP contribution is 2.23. The van der Waals surface area contributed by atoms with Gasteiger partial charge >= 0.3 is 6.03 Å². The van der Waals surface area contributed by atoms with Gasteiger partial charge in [0.25, 0.3) is 0 Å². The van der Waals surface area contributed by atoms with Gasteiger partial charge in [-0.15, -0.1) is 0 Å². The minimum absolute atomic E-state index is 0.0233. The lowest BCUT2D eigenvalue weighted by Gasteiger charge is -2.30. The average Bonchev–Trinajstić information content (AvgIpc) is 2.92. The summed E-state index contributed by atoms with van der Waals surface area (Å²) < 4.78 is 0. The fourth-order valence-corrected chi connectivity index (χ4v) is 3.88. The summed E-state index contributed by atoms with van der Waals surface area (Å²) in [6.07, 6.45) is 4.67. The van der Waals surface area contributed by atoms with E-state index >= 15 is 0 Å². The maximum absolute atomic E-state index is 12.6. The Morgan fingerprint density at radius 1 is 1.16 bits per heavy atom. The quantitative estimate of drug-likeness (QED) is 0.894. The van der Waals surface area contributed by atoms with E-state index in [0.717, 1.165) is 12.0 Å². The molecule has 0 unspecified atom stereocenters. The monoisotopic (exact) mass is 343 g/mol. The first kappa shape index (κ1) is 17.8. The first-order valence-corrected chi connectivity index (χ1v) is 9.42. The molecule has 2 atom stereocenters. The Morgan fingerprint density at radius 2 is 1.88 bits per heavy atom. The third-order valence-corrected chi connectivity index (χ3v) is 5.60. The van der Waals surface area contributed by atoms with E-state index in [4.69, 9.17) is 0 Å². The van der Waals surface area contributed by atoms with Gasteiger partial charge in [0.15, 0.2) is 0 Å². The Bertz CT molecular complexity index is 631. The Labute approximate surface area is 150 Å². The molecule has 1 aromatic carbocycles. The fourth-order valence-electron chi connectivity index (χ4n) is 3.88. The van der Waals surface area contributed by atoms with Crippen molar-refractivity contribution < 1.29 is 9.59 Å². The number of carbonyl (C=O) groups is 2. The number of aryl methyl sites for hydroxylation is 1. The van der Waals surface area contributed by atoms with Crippen LogP contribution >= 0.6 is 0 Å². The lowest BCUT2D eigenvalue weighted by molar-refractivity contribution is -0.122. The van der Waals surface area contributed by atoms with E-state index in [1.54, 1.807) is 4.90 Å². The van der Waals surface area contributed by atoms with Crippen LogP contribution in [0, 0.1) is 12.8 Å². The van der Waals surface area contributed by atoms with Gasteiger partial charge in [-0.1, -0.05) is 44.0 Å². The van der Waals surface area contributed by atoms with E-state index in [-0.39, 0.29) is 24.5 Å². The molecule has 0 radical (unpaired) electrons. The Kier molecular flexibility index (Phi) is 5.61. The van der Waals surface area contributed by atoms with Gasteiger partial charge in [-0.25, -0.2) is 4.79 Å². The minimum Gasteiger partial charge on any atom is -0.352 e. The summed E-state index contributed by atoms with van der Waals surface area (Å²) in [6, 6.07) is 8.36. The minimum atomic E-state index is -0.0323. The maximum atomic E-state index is 12.6. The Hall–Kier alpha value is -2.04. The lowest BCUT2D eigenvalue weighted by Crippen LogP contribution is -2.46. The van der Waals surface area contributed by atoms with Crippen molar-refractivity contribution in [2.45, 2.75) is 52.1 Å². The van der Waals surface area contributed by atoms with Gasteiger partial charge in [-0.05, 0) is 36.8 Å². The number of nitrogens with zero attached hydrogens (tertiary/aromatic N) is 2. The SMILES string of the molecule is Cc1ccccc1CN1CCN(CC(=O)N[C@@H]2CCCC[C@@H]2C)C1=O. The summed E-state index contributed by atoms with van der Waals surface area (Å²) in [5.41, 5.74) is 2.36. The van der Waals surface area contributed by atoms with Gasteiger partial charge in [0.2, 0.25) is 5.91 Å². The van der Waals surface area contributed by atoms with Crippen LogP contribution in [0.3, 0.4) is 0 Å². The number of rotatable bonds is 5. The van der Waals surface area contributed by atoms with E-state index in [2.05, 4.69) is 31.3 Å². The van der Waals surface area contributed by atoms with Crippen molar-refractivity contribution in [3.05, 3.63) is 35.4 Å². The average molecular weight is 343 g/mol. The lowest BCUT2D eigenvalue weighted by atomic mass is 9.86. The molecule has 1 aliphatic heterocycles. The molecule has 5 heteroatoms. The van der Waals surface area contributed by atoms with Crippen LogP contribution in [0.5, 0.6) is 0 Å². The summed E-state index contributed by atoms with van der Waals surface area (Å²) in [6.45, 7) is 6.36. The first-order chi connectivity index (χ1) is 12.0. The van der Waals surface area contributed by atoms with Crippen LogP contribution in [-0.4, -0.2) is 47.4 Å². The van der Waals surface area contributed by atoms with E-state index in [1.165, 1.54) is 24.8 Å². The molecule has 0 aromatic heterocycles.